The van der Waals surface area contributed by atoms with E-state index in [-0.39, 0.29) is 27.5 Å². The van der Waals surface area contributed by atoms with Gasteiger partial charge in [-0.2, -0.15) is 0 Å². The maximum absolute atomic E-state index is 13.3. The molecule has 0 fully saturated rings. The zero-order valence-electron chi connectivity index (χ0n) is 16.0. The van der Waals surface area contributed by atoms with Crippen LogP contribution in [0.15, 0.2) is 53.4 Å². The monoisotopic (exact) mass is 415 g/mol. The lowest BCUT2D eigenvalue weighted by atomic mass is 9.98. The van der Waals surface area contributed by atoms with E-state index in [1.165, 1.54) is 33.5 Å². The fraction of sp³-hybridized carbons (Fsp3) is 0.190. The summed E-state index contributed by atoms with van der Waals surface area (Å²) in [6.45, 7) is 0. The average Bonchev–Trinajstić information content (AvgIpc) is 3.10. The highest BCUT2D eigenvalue weighted by molar-refractivity contribution is 7.91. The van der Waals surface area contributed by atoms with E-state index in [0.717, 1.165) is 0 Å². The second-order valence-electron chi connectivity index (χ2n) is 6.35. The number of methoxy groups -OCH3 is 3. The van der Waals surface area contributed by atoms with Crippen LogP contribution in [0.1, 0.15) is 16.6 Å². The van der Waals surface area contributed by atoms with Crippen LogP contribution in [0.2, 0.25) is 0 Å². The molecule has 3 aromatic carbocycles. The van der Waals surface area contributed by atoms with Crippen LogP contribution in [0, 0.1) is 0 Å². The highest BCUT2D eigenvalue weighted by atomic mass is 32.2. The number of esters is 1. The van der Waals surface area contributed by atoms with Crippen molar-refractivity contribution in [2.75, 3.05) is 21.3 Å². The van der Waals surface area contributed by atoms with E-state index in [9.17, 15) is 13.2 Å². The van der Waals surface area contributed by atoms with Gasteiger partial charge in [-0.25, -0.2) is 8.42 Å². The van der Waals surface area contributed by atoms with Crippen molar-refractivity contribution in [3.63, 3.8) is 0 Å². The van der Waals surface area contributed by atoms with Crippen LogP contribution in [-0.4, -0.2) is 40.5 Å². The van der Waals surface area contributed by atoms with Crippen LogP contribution in [0.25, 0.3) is 10.8 Å². The number of cyclic esters (lactones) is 1. The third kappa shape index (κ3) is 2.71. The van der Waals surface area contributed by atoms with Crippen LogP contribution in [-0.2, 0) is 14.6 Å². The zero-order valence-corrected chi connectivity index (χ0v) is 16.8. The van der Waals surface area contributed by atoms with E-state index in [1.807, 2.05) is 0 Å². The molecule has 1 heterocycles. The Kier molecular flexibility index (Phi) is 4.58. The van der Waals surface area contributed by atoms with Gasteiger partial charge in [-0.3, -0.25) is 4.74 Å². The first-order valence-corrected chi connectivity index (χ1v) is 10.3. The maximum Gasteiger partial charge on any atom is 0.524 e. The summed E-state index contributed by atoms with van der Waals surface area (Å²) in [6, 6.07) is 13.2. The molecule has 4 rings (SSSR count). The molecule has 0 aliphatic carbocycles. The van der Waals surface area contributed by atoms with Crippen LogP contribution < -0.4 is 14.2 Å². The summed E-state index contributed by atoms with van der Waals surface area (Å²) >= 11 is 0. The first kappa shape index (κ1) is 19.1. The van der Waals surface area contributed by atoms with Crippen molar-refractivity contribution in [2.24, 2.45) is 0 Å². The molecular formula is C21H19O7S+. The number of benzene rings is 3. The predicted octanol–water partition coefficient (Wildman–Crippen LogP) is 3.22. The summed E-state index contributed by atoms with van der Waals surface area (Å²) in [5.41, 5.74) is -1.17. The topological polar surface area (TPSA) is 92.5 Å². The molecule has 1 N–H and O–H groups in total. The predicted molar refractivity (Wildman–Crippen MR) is 107 cm³/mol. The molecule has 0 spiro atoms. The van der Waals surface area contributed by atoms with E-state index in [2.05, 4.69) is 0 Å². The van der Waals surface area contributed by atoms with E-state index in [0.29, 0.717) is 16.5 Å². The van der Waals surface area contributed by atoms with Gasteiger partial charge < -0.3 is 19.0 Å². The largest absolute Gasteiger partial charge is 0.524 e. The molecule has 0 saturated heterocycles. The number of sulfone groups is 1. The van der Waals surface area contributed by atoms with Crippen molar-refractivity contribution in [1.82, 2.24) is 0 Å². The molecule has 1 aliphatic rings. The minimum absolute atomic E-state index is 0.0670. The third-order valence-electron chi connectivity index (χ3n) is 4.89. The van der Waals surface area contributed by atoms with Gasteiger partial charge in [0.15, 0.2) is 11.3 Å². The van der Waals surface area contributed by atoms with Crippen molar-refractivity contribution in [1.29, 1.82) is 0 Å². The first-order valence-electron chi connectivity index (χ1n) is 8.72. The van der Waals surface area contributed by atoms with Crippen LogP contribution in [0.4, 0.5) is 0 Å². The Labute approximate surface area is 167 Å². The Morgan fingerprint density at radius 1 is 0.897 bits per heavy atom. The van der Waals surface area contributed by atoms with Gasteiger partial charge in [-0.05, 0) is 18.2 Å². The van der Waals surface area contributed by atoms with Gasteiger partial charge in [0.1, 0.15) is 17.1 Å². The number of ether oxygens (including phenoxy) is 4. The summed E-state index contributed by atoms with van der Waals surface area (Å²) in [4.78, 5) is 10.6. The molecule has 150 valence electrons. The van der Waals surface area contributed by atoms with E-state index < -0.39 is 21.2 Å². The Bertz CT molecular complexity index is 1220. The van der Waals surface area contributed by atoms with Gasteiger partial charge in [-0.1, -0.05) is 30.3 Å². The van der Waals surface area contributed by atoms with Gasteiger partial charge in [0.05, 0.1) is 31.6 Å². The summed E-state index contributed by atoms with van der Waals surface area (Å²) < 4.78 is 48.7. The molecule has 3 aromatic rings. The Balaban J connectivity index is 2.10. The van der Waals surface area contributed by atoms with Gasteiger partial charge >= 0.3 is 11.4 Å². The molecule has 0 radical (unpaired) electrons. The molecule has 1 atom stereocenters. The zero-order chi connectivity index (χ0) is 20.8. The van der Waals surface area contributed by atoms with Gasteiger partial charge in [0.2, 0.25) is 9.84 Å². The number of carbonyl (C=O) groups excluding carboxylic acids is 1. The van der Waals surface area contributed by atoms with E-state index in [4.69, 9.17) is 18.9 Å². The second-order valence-corrected chi connectivity index (χ2v) is 8.34. The molecule has 8 heteroatoms. The Morgan fingerprint density at radius 3 is 2.21 bits per heavy atom. The van der Waals surface area contributed by atoms with E-state index in [1.54, 1.807) is 36.4 Å². The standard InChI is InChI=1S/C21H18O7S/c1-25-14-11-7-10-13-15(14)19(27-3)16-17(18(13)26-2)21(28-20(16)22)29(23,24)12-8-5-4-6-9-12/h4-11,21H,1-3H3/p+1. The second kappa shape index (κ2) is 6.97. The Morgan fingerprint density at radius 2 is 1.59 bits per heavy atom. The normalized spacial score (nSPS) is 15.7. The summed E-state index contributed by atoms with van der Waals surface area (Å²) in [5.74, 6) is 0.454. The molecule has 0 aromatic heterocycles. The van der Waals surface area contributed by atoms with Gasteiger partial charge in [-0.15, -0.1) is 0 Å². The van der Waals surface area contributed by atoms with Crippen molar-refractivity contribution in [3.05, 3.63) is 59.7 Å². The number of hydrogen-bond donors (Lipinski definition) is 0. The fourth-order valence-corrected chi connectivity index (χ4v) is 5.20. The lowest BCUT2D eigenvalue weighted by Crippen LogP contribution is -2.14. The molecule has 0 saturated carbocycles. The summed E-state index contributed by atoms with van der Waals surface area (Å²) in [5, 5.41) is 1.12. The first-order chi connectivity index (χ1) is 14.0. The highest BCUT2D eigenvalue weighted by Gasteiger charge is 2.53. The van der Waals surface area contributed by atoms with Crippen molar-refractivity contribution in [3.8, 4) is 17.2 Å². The van der Waals surface area contributed by atoms with Crippen LogP contribution in [0.5, 0.6) is 17.2 Å². The maximum atomic E-state index is 13.3. The molecule has 1 aliphatic heterocycles. The SMILES string of the molecule is COc1c2c(c(OC)c3c(OC)cccc13)C(=[OH+])OC2S(=O)(=O)c1ccccc1. The molecule has 0 bridgehead atoms. The highest BCUT2D eigenvalue weighted by Crippen LogP contribution is 2.52. The lowest BCUT2D eigenvalue weighted by molar-refractivity contribution is 0.255. The lowest BCUT2D eigenvalue weighted by Gasteiger charge is -2.17. The van der Waals surface area contributed by atoms with Crippen molar-refractivity contribution >= 4 is 26.6 Å². The van der Waals surface area contributed by atoms with E-state index >= 15 is 0 Å². The van der Waals surface area contributed by atoms with Gasteiger partial charge in [0.25, 0.3) is 0 Å². The third-order valence-corrected chi connectivity index (χ3v) is 6.71. The van der Waals surface area contributed by atoms with Gasteiger partial charge in [0, 0.05) is 5.39 Å². The van der Waals surface area contributed by atoms with Crippen LogP contribution >= 0.6 is 0 Å². The molecular weight excluding hydrogens is 396 g/mol. The number of fused-ring (bicyclic) bond motifs is 2. The molecule has 1 unspecified atom stereocenters. The van der Waals surface area contributed by atoms with Crippen molar-refractivity contribution in [2.45, 2.75) is 10.3 Å². The van der Waals surface area contributed by atoms with Crippen molar-refractivity contribution < 1.29 is 32.2 Å². The minimum atomic E-state index is -4.00. The Hall–Kier alpha value is -3.26. The number of rotatable bonds is 5. The molecule has 0 amide bonds. The fourth-order valence-electron chi connectivity index (χ4n) is 3.66. The minimum Gasteiger partial charge on any atom is -0.496 e. The smallest absolute Gasteiger partial charge is 0.496 e. The quantitative estimate of drug-likeness (QED) is 0.469. The van der Waals surface area contributed by atoms with Crippen LogP contribution in [0.3, 0.4) is 0 Å². The summed E-state index contributed by atoms with van der Waals surface area (Å²) in [7, 11) is 0.378. The molecule has 7 nitrogen and oxygen atoms in total. The average molecular weight is 415 g/mol. The summed E-state index contributed by atoms with van der Waals surface area (Å²) in [6.07, 6.45) is 0. The molecule has 29 heavy (non-hydrogen) atoms. The number of hydrogen-bond acceptors (Lipinski definition) is 6.